The highest BCUT2D eigenvalue weighted by Gasteiger charge is 2.29. The molecule has 1 heterocycles. The number of hydrazone groups is 1. The summed E-state index contributed by atoms with van der Waals surface area (Å²) in [6.07, 6.45) is 6.25. The molecule has 0 radical (unpaired) electrons. The van der Waals surface area contributed by atoms with Gasteiger partial charge >= 0.3 is 5.97 Å². The fourth-order valence-corrected chi connectivity index (χ4v) is 4.56. The third-order valence-electron chi connectivity index (χ3n) is 6.42. The van der Waals surface area contributed by atoms with E-state index < -0.39 is 0 Å². The van der Waals surface area contributed by atoms with Crippen molar-refractivity contribution in [1.29, 1.82) is 0 Å². The van der Waals surface area contributed by atoms with E-state index >= 15 is 0 Å². The third kappa shape index (κ3) is 6.01. The molecule has 1 saturated heterocycles. The molecule has 2 atom stereocenters. The largest absolute Gasteiger partial charge is 0.466 e. The Morgan fingerprint density at radius 2 is 1.82 bits per heavy atom. The molecule has 0 saturated carbocycles. The maximum absolute atomic E-state index is 13.1. The molecule has 6 nitrogen and oxygen atoms in total. The van der Waals surface area contributed by atoms with E-state index in [1.165, 1.54) is 12.8 Å². The molecule has 1 aliphatic heterocycles. The zero-order valence-electron chi connectivity index (χ0n) is 19.0. The van der Waals surface area contributed by atoms with Gasteiger partial charge in [0.15, 0.2) is 5.78 Å². The average molecular weight is 470 g/mol. The van der Waals surface area contributed by atoms with Gasteiger partial charge in [0.2, 0.25) is 0 Å². The molecule has 2 unspecified atom stereocenters. The summed E-state index contributed by atoms with van der Waals surface area (Å²) in [7, 11) is 0. The number of benzene rings is 2. The van der Waals surface area contributed by atoms with Crippen LogP contribution in [-0.2, 0) is 16.0 Å². The van der Waals surface area contributed by atoms with Gasteiger partial charge in [0.1, 0.15) is 0 Å². The molecule has 4 rings (SSSR count). The molecule has 2 aromatic carbocycles. The van der Waals surface area contributed by atoms with Crippen LogP contribution in [0.1, 0.15) is 71.3 Å². The molecule has 0 spiro atoms. The number of hydrogen-bond acceptors (Lipinski definition) is 6. The van der Waals surface area contributed by atoms with E-state index in [0.717, 1.165) is 42.6 Å². The second kappa shape index (κ2) is 11.4. The molecular weight excluding hydrogens is 438 g/mol. The number of ether oxygens (including phenoxy) is 1. The number of carbonyl (C=O) groups excluding carboxylic acids is 2. The first kappa shape index (κ1) is 24.9. The monoisotopic (exact) mass is 469 g/mol. The van der Waals surface area contributed by atoms with Gasteiger partial charge in [0, 0.05) is 30.3 Å². The van der Waals surface area contributed by atoms with Gasteiger partial charge in [-0.05, 0) is 61.3 Å². The van der Waals surface area contributed by atoms with Crippen LogP contribution in [0, 0.1) is 5.92 Å². The highest BCUT2D eigenvalue weighted by atomic mass is 35.5. The first-order valence-electron chi connectivity index (χ1n) is 11.5. The van der Waals surface area contributed by atoms with Gasteiger partial charge in [-0.3, -0.25) is 14.6 Å². The molecule has 2 N–H and O–H groups in total. The van der Waals surface area contributed by atoms with Crippen molar-refractivity contribution in [3.8, 4) is 0 Å². The van der Waals surface area contributed by atoms with E-state index in [1.807, 2.05) is 48.7 Å². The van der Waals surface area contributed by atoms with E-state index in [-0.39, 0.29) is 36.1 Å². The first-order chi connectivity index (χ1) is 15.5. The van der Waals surface area contributed by atoms with Crippen LogP contribution >= 0.6 is 12.4 Å². The van der Waals surface area contributed by atoms with E-state index in [1.54, 1.807) is 6.92 Å². The minimum absolute atomic E-state index is 0. The molecular formula is C26H32ClN3O3. The number of esters is 1. The number of rotatable bonds is 7. The number of nitrogens with zero attached hydrogens (tertiary/aromatic N) is 2. The molecule has 2 aliphatic rings. The second-order valence-corrected chi connectivity index (χ2v) is 8.60. The number of halogens is 1. The molecule has 176 valence electrons. The van der Waals surface area contributed by atoms with Gasteiger partial charge < -0.3 is 10.5 Å². The summed E-state index contributed by atoms with van der Waals surface area (Å²) in [4.78, 5) is 25.0. The summed E-state index contributed by atoms with van der Waals surface area (Å²) >= 11 is 0. The topological polar surface area (TPSA) is 85.0 Å². The average Bonchev–Trinajstić information content (AvgIpc) is 3.33. The van der Waals surface area contributed by atoms with Crippen molar-refractivity contribution < 1.29 is 14.3 Å². The van der Waals surface area contributed by atoms with E-state index in [9.17, 15) is 9.59 Å². The lowest BCUT2D eigenvalue weighted by Gasteiger charge is -2.30. The molecule has 1 aliphatic carbocycles. The molecule has 1 fully saturated rings. The van der Waals surface area contributed by atoms with Crippen LogP contribution in [0.4, 0.5) is 0 Å². The zero-order chi connectivity index (χ0) is 22.5. The zero-order valence-corrected chi connectivity index (χ0v) is 19.9. The normalized spacial score (nSPS) is 19.8. The van der Waals surface area contributed by atoms with Gasteiger partial charge in [0.25, 0.3) is 0 Å². The van der Waals surface area contributed by atoms with Crippen LogP contribution in [0.3, 0.4) is 0 Å². The van der Waals surface area contributed by atoms with Gasteiger partial charge in [0.05, 0.1) is 19.2 Å². The maximum Gasteiger partial charge on any atom is 0.306 e. The van der Waals surface area contributed by atoms with Crippen LogP contribution in [0.25, 0.3) is 0 Å². The highest BCUT2D eigenvalue weighted by molar-refractivity contribution is 6.09. The smallest absolute Gasteiger partial charge is 0.306 e. The van der Waals surface area contributed by atoms with Crippen LogP contribution < -0.4 is 5.73 Å². The number of nitrogens with two attached hydrogens (primary N) is 1. The minimum Gasteiger partial charge on any atom is -0.466 e. The van der Waals surface area contributed by atoms with Crippen LogP contribution in [0.5, 0.6) is 0 Å². The summed E-state index contributed by atoms with van der Waals surface area (Å²) in [5, 5.41) is 6.57. The number of ketones is 1. The lowest BCUT2D eigenvalue weighted by Crippen LogP contribution is -2.30. The fourth-order valence-electron chi connectivity index (χ4n) is 4.56. The number of aryl methyl sites for hydroxylation is 1. The quantitative estimate of drug-likeness (QED) is 0.371. The third-order valence-corrected chi connectivity index (χ3v) is 6.42. The Kier molecular flexibility index (Phi) is 8.64. The summed E-state index contributed by atoms with van der Waals surface area (Å²) < 4.78 is 5.10. The Labute approximate surface area is 201 Å². The molecule has 0 aromatic heterocycles. The standard InChI is InChI=1S/C26H31N3O3.ClH/c1-2-32-24(30)16-21-11-9-19-10-12-22(15-23(19)25(21)27)26(31)20-7-5-18(6-8-20)17-28-29-13-3-4-14-29;/h5-8,10,12,15,17,21,25H,2-4,9,11,13-14,16,27H2,1H3;1H. The van der Waals surface area contributed by atoms with Crippen LogP contribution in [0.15, 0.2) is 47.6 Å². The molecule has 0 amide bonds. The van der Waals surface area contributed by atoms with Crippen molar-refractivity contribution in [2.24, 2.45) is 16.8 Å². The van der Waals surface area contributed by atoms with Gasteiger partial charge in [-0.15, -0.1) is 12.4 Å². The summed E-state index contributed by atoms with van der Waals surface area (Å²) in [6, 6.07) is 13.0. The second-order valence-electron chi connectivity index (χ2n) is 8.60. The van der Waals surface area contributed by atoms with Crippen molar-refractivity contribution in [3.63, 3.8) is 0 Å². The highest BCUT2D eigenvalue weighted by Crippen LogP contribution is 2.35. The fraction of sp³-hybridized carbons (Fsp3) is 0.423. The Morgan fingerprint density at radius 1 is 1.12 bits per heavy atom. The minimum atomic E-state index is -0.278. The SMILES string of the molecule is CCOC(=O)CC1CCc2ccc(C(=O)c3ccc(C=NN4CCCC4)cc3)cc2C1N.Cl. The summed E-state index contributed by atoms with van der Waals surface area (Å²) in [5.74, 6) is -0.214. The van der Waals surface area contributed by atoms with E-state index in [0.29, 0.717) is 24.2 Å². The van der Waals surface area contributed by atoms with E-state index in [2.05, 4.69) is 10.1 Å². The predicted molar refractivity (Wildman–Crippen MR) is 132 cm³/mol. The van der Waals surface area contributed by atoms with E-state index in [4.69, 9.17) is 10.5 Å². The van der Waals surface area contributed by atoms with Crippen LogP contribution in [-0.4, -0.2) is 42.7 Å². The van der Waals surface area contributed by atoms with Gasteiger partial charge in [-0.1, -0.05) is 36.4 Å². The lowest BCUT2D eigenvalue weighted by atomic mass is 9.77. The lowest BCUT2D eigenvalue weighted by molar-refractivity contribution is -0.144. The Hall–Kier alpha value is -2.70. The van der Waals surface area contributed by atoms with Gasteiger partial charge in [-0.2, -0.15) is 5.10 Å². The molecule has 0 bridgehead atoms. The first-order valence-corrected chi connectivity index (χ1v) is 11.5. The summed E-state index contributed by atoms with van der Waals surface area (Å²) in [5.41, 5.74) is 10.9. The van der Waals surface area contributed by atoms with Gasteiger partial charge in [-0.25, -0.2) is 0 Å². The van der Waals surface area contributed by atoms with Crippen LogP contribution in [0.2, 0.25) is 0 Å². The Morgan fingerprint density at radius 3 is 2.52 bits per heavy atom. The number of hydrogen-bond donors (Lipinski definition) is 1. The predicted octanol–water partition coefficient (Wildman–Crippen LogP) is 4.28. The molecule has 33 heavy (non-hydrogen) atoms. The Bertz CT molecular complexity index is 1000. The van der Waals surface area contributed by atoms with Crippen molar-refractivity contribution in [2.45, 2.75) is 45.1 Å². The molecule has 7 heteroatoms. The van der Waals surface area contributed by atoms with Crippen molar-refractivity contribution in [2.75, 3.05) is 19.7 Å². The molecule has 2 aromatic rings. The maximum atomic E-state index is 13.1. The Balaban J connectivity index is 0.00000306. The number of fused-ring (bicyclic) bond motifs is 1. The number of carbonyl (C=O) groups is 2. The summed E-state index contributed by atoms with van der Waals surface area (Å²) in [6.45, 7) is 4.19. The van der Waals surface area contributed by atoms with Crippen molar-refractivity contribution in [3.05, 3.63) is 70.3 Å². The van der Waals surface area contributed by atoms with Crippen molar-refractivity contribution >= 4 is 30.4 Å². The van der Waals surface area contributed by atoms with Crippen molar-refractivity contribution in [1.82, 2.24) is 5.01 Å².